The minimum Gasteiger partial charge on any atom is -0.467 e. The Morgan fingerprint density at radius 3 is 2.94 bits per heavy atom. The summed E-state index contributed by atoms with van der Waals surface area (Å²) in [4.78, 5) is 24.7. The van der Waals surface area contributed by atoms with Crippen LogP contribution in [0.15, 0.2) is 0 Å². The first kappa shape index (κ1) is 11.1. The summed E-state index contributed by atoms with van der Waals surface area (Å²) >= 11 is 0. The van der Waals surface area contributed by atoms with Gasteiger partial charge in [0.15, 0.2) is 0 Å². The Balaban J connectivity index is 2.09. The van der Waals surface area contributed by atoms with Gasteiger partial charge in [-0.1, -0.05) is 0 Å². The Hall–Kier alpha value is -0.980. The number of nitrogens with one attached hydrogen (secondary N) is 1. The number of quaternary nitrogens is 1. The fraction of sp³-hybridized carbons (Fsp3) is 0.818. The van der Waals surface area contributed by atoms with Crippen molar-refractivity contribution in [1.29, 1.82) is 0 Å². The van der Waals surface area contributed by atoms with Crippen molar-refractivity contribution in [2.75, 3.05) is 40.9 Å². The third-order valence-corrected chi connectivity index (χ3v) is 3.74. The molecule has 0 aromatic heterocycles. The summed E-state index contributed by atoms with van der Waals surface area (Å²) < 4.78 is 18.0. The quantitative estimate of drug-likeness (QED) is 0.446. The van der Waals surface area contributed by atoms with Crippen molar-refractivity contribution in [1.82, 2.24) is 4.90 Å². The van der Waals surface area contributed by atoms with Crippen LogP contribution in [0.1, 0.15) is 6.42 Å². The number of carbonyl (C=O) groups excluding carboxylic acids is 2. The molecule has 2 rings (SSSR count). The van der Waals surface area contributed by atoms with E-state index in [9.17, 15) is 9.59 Å². The number of likely N-dealkylation sites (tertiary alicyclic amines) is 1. The molecule has 2 aliphatic rings. The molecule has 0 aliphatic carbocycles. The molecule has 0 saturated carbocycles. The van der Waals surface area contributed by atoms with E-state index in [0.717, 1.165) is 6.54 Å². The minimum atomic E-state index is -0.791. The van der Waals surface area contributed by atoms with Crippen molar-refractivity contribution in [3.63, 3.8) is 0 Å². The number of methoxy groups -OCH3 is 1. The summed E-state index contributed by atoms with van der Waals surface area (Å²) in [5.74, 6) is -0.601. The van der Waals surface area contributed by atoms with Crippen LogP contribution in [-0.2, 0) is 19.1 Å². The van der Waals surface area contributed by atoms with E-state index >= 15 is 0 Å². The average Bonchev–Trinajstić information content (AvgIpc) is 2.76. The smallest absolute Gasteiger partial charge is 0.377 e. The molecule has 1 amide bonds. The lowest BCUT2D eigenvalue weighted by molar-refractivity contribution is -0.739. The third kappa shape index (κ3) is 1.96. The van der Waals surface area contributed by atoms with Gasteiger partial charge in [-0.15, -0.1) is 0 Å². The van der Waals surface area contributed by atoms with Crippen LogP contribution in [0.2, 0.25) is 1.41 Å². The molecule has 96 valence electrons. The Bertz CT molecular complexity index is 387. The summed E-state index contributed by atoms with van der Waals surface area (Å²) in [5.41, 5.74) is -0.791. The molecule has 2 saturated heterocycles. The van der Waals surface area contributed by atoms with Crippen molar-refractivity contribution >= 4 is 11.9 Å². The zero-order valence-corrected chi connectivity index (χ0v) is 10.4. The molecule has 17 heavy (non-hydrogen) atoms. The highest BCUT2D eigenvalue weighted by molar-refractivity contribution is 5.89. The number of ether oxygens (including phenoxy) is 2. The second-order valence-corrected chi connectivity index (χ2v) is 4.68. The molecule has 0 aromatic carbocycles. The molecule has 2 aliphatic heterocycles. The van der Waals surface area contributed by atoms with Gasteiger partial charge in [-0.3, -0.25) is 4.89 Å². The summed E-state index contributed by atoms with van der Waals surface area (Å²) in [6.07, 6.45) is 0.166. The number of nitrogens with zero attached hydrogens (tertiary/aromatic N) is 1. The van der Waals surface area contributed by atoms with E-state index in [1.54, 1.807) is 7.05 Å². The predicted molar refractivity (Wildman–Crippen MR) is 58.5 cm³/mol. The third-order valence-electron chi connectivity index (χ3n) is 3.74. The minimum absolute atomic E-state index is 0.134. The molecule has 2 heterocycles. The van der Waals surface area contributed by atoms with Crippen LogP contribution in [0, 0.1) is 0 Å². The molecule has 6 heteroatoms. The zero-order valence-electron chi connectivity index (χ0n) is 11.4. The van der Waals surface area contributed by atoms with Crippen molar-refractivity contribution in [2.45, 2.75) is 18.1 Å². The predicted octanol–water partition coefficient (Wildman–Crippen LogP) is -2.33. The molecule has 3 atom stereocenters. The number of piperidine rings is 1. The first-order valence-corrected chi connectivity index (χ1v) is 5.67. The van der Waals surface area contributed by atoms with Crippen LogP contribution in [0.3, 0.4) is 0 Å². The van der Waals surface area contributed by atoms with E-state index in [0.29, 0.717) is 13.0 Å². The Morgan fingerprint density at radius 1 is 1.76 bits per heavy atom. The molecule has 0 radical (unpaired) electrons. The van der Waals surface area contributed by atoms with Crippen LogP contribution in [-0.4, -0.2) is 69.3 Å². The van der Waals surface area contributed by atoms with Crippen molar-refractivity contribution in [3.8, 4) is 0 Å². The lowest BCUT2D eigenvalue weighted by atomic mass is 9.93. The highest BCUT2D eigenvalue weighted by Gasteiger charge is 2.74. The molecule has 0 aromatic rings. The Kier molecular flexibility index (Phi) is 2.85. The maximum atomic E-state index is 11.9. The first-order chi connectivity index (χ1) is 8.36. The van der Waals surface area contributed by atoms with Crippen LogP contribution in [0.4, 0.5) is 0 Å². The second-order valence-electron chi connectivity index (χ2n) is 4.68. The summed E-state index contributed by atoms with van der Waals surface area (Å²) in [6.45, 7) is 1.13. The first-order valence-electron chi connectivity index (χ1n) is 6.12. The molecule has 3 unspecified atom stereocenters. The van der Waals surface area contributed by atoms with Gasteiger partial charge in [-0.2, -0.15) is 0 Å². The van der Waals surface area contributed by atoms with E-state index in [2.05, 4.69) is 4.74 Å². The highest BCUT2D eigenvalue weighted by Crippen LogP contribution is 2.28. The largest absolute Gasteiger partial charge is 0.467 e. The molecule has 6 nitrogen and oxygen atoms in total. The van der Waals surface area contributed by atoms with Crippen molar-refractivity contribution in [3.05, 3.63) is 0 Å². The van der Waals surface area contributed by atoms with E-state index in [4.69, 9.17) is 6.15 Å². The number of rotatable bonds is 3. The van der Waals surface area contributed by atoms with Gasteiger partial charge in [0.05, 0.1) is 14.2 Å². The lowest BCUT2D eigenvalue weighted by Crippen LogP contribution is -2.96. The number of likely N-dealkylation sites (N-methyl/N-ethyl adjacent to an activating group) is 2. The number of hydrogen-bond acceptors (Lipinski definition) is 5. The van der Waals surface area contributed by atoms with Gasteiger partial charge in [-0.25, -0.2) is 9.59 Å². The van der Waals surface area contributed by atoms with Gasteiger partial charge in [0.25, 0.3) is 0 Å². The highest BCUT2D eigenvalue weighted by atomic mass is 16.6. The van der Waals surface area contributed by atoms with Gasteiger partial charge in [0.2, 0.25) is 5.54 Å². The van der Waals surface area contributed by atoms with Crippen LogP contribution in [0.25, 0.3) is 0 Å². The van der Waals surface area contributed by atoms with E-state index in [1.165, 1.54) is 7.11 Å². The standard InChI is InChI=1S/C11H18N2O4/c1-12-5-4-11(10(15)13(11)2)8(6-12)17-7-9(14)16-3/h8H,4-7H2,1-3H3/p+1/i/hT. The zero-order chi connectivity index (χ0) is 13.6. The fourth-order valence-electron chi connectivity index (χ4n) is 2.49. The molecule has 0 bridgehead atoms. The van der Waals surface area contributed by atoms with Crippen molar-refractivity contribution < 1.29 is 25.4 Å². The van der Waals surface area contributed by atoms with Crippen molar-refractivity contribution in [2.24, 2.45) is 0 Å². The molecule has 1 spiro atoms. The molecular formula is C11H19N2O4+. The maximum absolute atomic E-state index is 11.9. The fourth-order valence-corrected chi connectivity index (χ4v) is 2.49. The number of esters is 1. The Labute approximate surface area is 102 Å². The van der Waals surface area contributed by atoms with Gasteiger partial charge in [-0.05, 0) is 7.05 Å². The number of amides is 1. The maximum Gasteiger partial charge on any atom is 0.377 e. The van der Waals surface area contributed by atoms with Gasteiger partial charge in [0, 0.05) is 19.5 Å². The SMILES string of the molecule is [3H][N+]1(C)C(=O)C12CCN(C)CC2OCC(=O)OC. The summed E-state index contributed by atoms with van der Waals surface area (Å²) in [5, 5.41) is 0. The normalized spacial score (nSPS) is 42.4. The van der Waals surface area contributed by atoms with E-state index < -0.39 is 22.5 Å². The summed E-state index contributed by atoms with van der Waals surface area (Å²) in [7, 11) is 4.80. The van der Waals surface area contributed by atoms with E-state index in [-0.39, 0.29) is 12.5 Å². The van der Waals surface area contributed by atoms with Crippen LogP contribution in [0.5, 0.6) is 0 Å². The monoisotopic (exact) mass is 245 g/mol. The van der Waals surface area contributed by atoms with Gasteiger partial charge >= 0.3 is 13.3 Å². The number of carbonyl (C=O) groups is 2. The lowest BCUT2D eigenvalue weighted by Gasteiger charge is -2.32. The van der Waals surface area contributed by atoms with E-state index in [1.807, 2.05) is 11.9 Å². The van der Waals surface area contributed by atoms with Gasteiger partial charge in [0.1, 0.15) is 12.7 Å². The van der Waals surface area contributed by atoms with Crippen LogP contribution < -0.4 is 4.89 Å². The number of hydrogen-bond donors (Lipinski definition) is 1. The van der Waals surface area contributed by atoms with Gasteiger partial charge < -0.3 is 14.4 Å². The molecular weight excluding hydrogens is 224 g/mol. The average molecular weight is 245 g/mol. The topological polar surface area (TPSA) is 60.3 Å². The Morgan fingerprint density at radius 2 is 2.41 bits per heavy atom. The van der Waals surface area contributed by atoms with Crippen LogP contribution >= 0.6 is 0 Å². The molecule has 2 fully saturated rings. The second kappa shape index (κ2) is 4.36. The molecule has 1 N–H and O–H groups in total. The summed E-state index contributed by atoms with van der Waals surface area (Å²) in [6, 6.07) is 0.